The Labute approximate surface area is 190 Å². The third-order valence-corrected chi connectivity index (χ3v) is 6.11. The maximum Gasteiger partial charge on any atom is 0.490 e. The normalized spacial score (nSPS) is 19.8. The smallest absolute Gasteiger partial charge is 0.475 e. The topological polar surface area (TPSA) is 90.4 Å². The Balaban J connectivity index is 0.000000479. The fourth-order valence-corrected chi connectivity index (χ4v) is 4.54. The van der Waals surface area contributed by atoms with Crippen LogP contribution in [0.2, 0.25) is 0 Å². The summed E-state index contributed by atoms with van der Waals surface area (Å²) in [6.45, 7) is 2.50. The average Bonchev–Trinajstić information content (AvgIpc) is 3.03. The van der Waals surface area contributed by atoms with E-state index in [9.17, 15) is 22.8 Å². The van der Waals surface area contributed by atoms with Crippen LogP contribution in [-0.2, 0) is 14.3 Å². The minimum Gasteiger partial charge on any atom is -0.475 e. The second kappa shape index (κ2) is 10.9. The largest absolute Gasteiger partial charge is 0.490 e. The summed E-state index contributed by atoms with van der Waals surface area (Å²) in [7, 11) is 5.23. The molecule has 0 saturated carbocycles. The number of hydrogen-bond acceptors (Lipinski definition) is 4. The quantitative estimate of drug-likeness (QED) is 0.727. The zero-order valence-corrected chi connectivity index (χ0v) is 19.0. The lowest BCUT2D eigenvalue weighted by Gasteiger charge is -2.48. The molecular formula is C22H30F3N3O5. The molecule has 1 aromatic rings. The molecule has 184 valence electrons. The molecule has 2 fully saturated rings. The number of ether oxygens (including phenoxy) is 1. The number of urea groups is 1. The molecule has 2 heterocycles. The lowest BCUT2D eigenvalue weighted by molar-refractivity contribution is -0.192. The molecule has 0 aromatic heterocycles. The number of alkyl halides is 3. The number of likely N-dealkylation sites (tertiary alicyclic amines) is 2. The van der Waals surface area contributed by atoms with Crippen molar-refractivity contribution < 1.29 is 37.4 Å². The van der Waals surface area contributed by atoms with E-state index in [4.69, 9.17) is 14.6 Å². The number of hydrogen-bond donors (Lipinski definition) is 1. The van der Waals surface area contributed by atoms with E-state index in [0.29, 0.717) is 32.7 Å². The molecule has 0 aliphatic carbocycles. The molecule has 2 aliphatic rings. The van der Waals surface area contributed by atoms with Crippen LogP contribution in [0.4, 0.5) is 18.0 Å². The van der Waals surface area contributed by atoms with Crippen LogP contribution in [0.15, 0.2) is 30.3 Å². The number of nitrogens with zero attached hydrogens (tertiary/aromatic N) is 3. The van der Waals surface area contributed by atoms with Crippen molar-refractivity contribution in [3.05, 3.63) is 35.9 Å². The molecule has 1 unspecified atom stereocenters. The van der Waals surface area contributed by atoms with Crippen LogP contribution >= 0.6 is 0 Å². The summed E-state index contributed by atoms with van der Waals surface area (Å²) < 4.78 is 37.0. The maximum atomic E-state index is 12.8. The van der Waals surface area contributed by atoms with E-state index < -0.39 is 12.1 Å². The number of methoxy groups -OCH3 is 1. The molecule has 8 nitrogen and oxygen atoms in total. The lowest BCUT2D eigenvalue weighted by Crippen LogP contribution is -2.57. The highest BCUT2D eigenvalue weighted by Gasteiger charge is 2.54. The average molecular weight is 473 g/mol. The Morgan fingerprint density at radius 3 is 2.18 bits per heavy atom. The van der Waals surface area contributed by atoms with Gasteiger partial charge in [-0.2, -0.15) is 13.2 Å². The van der Waals surface area contributed by atoms with Gasteiger partial charge in [-0.05, 0) is 18.4 Å². The molecule has 2 saturated heterocycles. The van der Waals surface area contributed by atoms with Crippen molar-refractivity contribution in [1.29, 1.82) is 0 Å². The highest BCUT2D eigenvalue weighted by molar-refractivity contribution is 5.82. The second-order valence-corrected chi connectivity index (χ2v) is 8.28. The van der Waals surface area contributed by atoms with Crippen molar-refractivity contribution in [2.24, 2.45) is 0 Å². The van der Waals surface area contributed by atoms with Gasteiger partial charge in [-0.15, -0.1) is 0 Å². The zero-order chi connectivity index (χ0) is 24.8. The van der Waals surface area contributed by atoms with Crippen LogP contribution in [0, 0.1) is 0 Å². The van der Waals surface area contributed by atoms with Crippen LogP contribution in [-0.4, -0.2) is 96.9 Å². The summed E-state index contributed by atoms with van der Waals surface area (Å²) >= 11 is 0. The number of carbonyl (C=O) groups is 3. The van der Waals surface area contributed by atoms with Crippen molar-refractivity contribution in [3.63, 3.8) is 0 Å². The minimum absolute atomic E-state index is 0.0453. The molecule has 33 heavy (non-hydrogen) atoms. The summed E-state index contributed by atoms with van der Waals surface area (Å²) in [5.41, 5.74) is 0.994. The van der Waals surface area contributed by atoms with Crippen molar-refractivity contribution in [2.75, 3.05) is 47.4 Å². The number of carboxylic acid groups (broad SMARTS) is 1. The van der Waals surface area contributed by atoms with Gasteiger partial charge in [-0.1, -0.05) is 30.3 Å². The SMILES string of the molecule is COCCN1C(=O)CC(c2ccccc2)C12CCN(C(=O)N(C)C)CC2.O=C(O)C(F)(F)F. The fraction of sp³-hybridized carbons (Fsp3) is 0.591. The molecule has 3 amide bonds. The Bertz CT molecular complexity index is 824. The van der Waals surface area contributed by atoms with Crippen LogP contribution in [0.1, 0.15) is 30.7 Å². The van der Waals surface area contributed by atoms with E-state index in [1.54, 1.807) is 26.1 Å². The summed E-state index contributed by atoms with van der Waals surface area (Å²) in [5, 5.41) is 7.12. The van der Waals surface area contributed by atoms with Crippen LogP contribution in [0.25, 0.3) is 0 Å². The molecule has 1 atom stereocenters. The third-order valence-electron chi connectivity index (χ3n) is 6.11. The summed E-state index contributed by atoms with van der Waals surface area (Å²) in [5.74, 6) is -2.39. The fourth-order valence-electron chi connectivity index (χ4n) is 4.54. The first-order chi connectivity index (χ1) is 15.4. The Morgan fingerprint density at radius 2 is 1.73 bits per heavy atom. The number of carbonyl (C=O) groups excluding carboxylic acids is 2. The van der Waals surface area contributed by atoms with Gasteiger partial charge in [0.05, 0.1) is 12.1 Å². The van der Waals surface area contributed by atoms with Crippen LogP contribution in [0.3, 0.4) is 0 Å². The van der Waals surface area contributed by atoms with E-state index >= 15 is 0 Å². The second-order valence-electron chi connectivity index (χ2n) is 8.28. The van der Waals surface area contributed by atoms with Crippen LogP contribution < -0.4 is 0 Å². The van der Waals surface area contributed by atoms with E-state index in [-0.39, 0.29) is 23.4 Å². The predicted molar refractivity (Wildman–Crippen MR) is 114 cm³/mol. The van der Waals surface area contributed by atoms with E-state index in [1.807, 2.05) is 28.0 Å². The van der Waals surface area contributed by atoms with Gasteiger partial charge in [0.15, 0.2) is 0 Å². The maximum absolute atomic E-state index is 12.8. The Morgan fingerprint density at radius 1 is 1.18 bits per heavy atom. The highest BCUT2D eigenvalue weighted by Crippen LogP contribution is 2.48. The molecule has 1 N–H and O–H groups in total. The van der Waals surface area contributed by atoms with Gasteiger partial charge in [0, 0.05) is 53.2 Å². The van der Waals surface area contributed by atoms with Crippen molar-refractivity contribution >= 4 is 17.9 Å². The molecule has 1 aromatic carbocycles. The number of rotatable bonds is 4. The van der Waals surface area contributed by atoms with Gasteiger partial charge >= 0.3 is 18.2 Å². The van der Waals surface area contributed by atoms with E-state index in [2.05, 4.69) is 12.1 Å². The lowest BCUT2D eigenvalue weighted by atomic mass is 9.73. The first-order valence-electron chi connectivity index (χ1n) is 10.5. The number of aliphatic carboxylic acids is 1. The number of piperidine rings is 1. The van der Waals surface area contributed by atoms with E-state index in [0.717, 1.165) is 12.8 Å². The van der Waals surface area contributed by atoms with Crippen molar-refractivity contribution in [1.82, 2.24) is 14.7 Å². The van der Waals surface area contributed by atoms with Gasteiger partial charge in [-0.3, -0.25) is 4.79 Å². The molecule has 11 heteroatoms. The van der Waals surface area contributed by atoms with Gasteiger partial charge in [0.1, 0.15) is 0 Å². The molecular weight excluding hydrogens is 443 g/mol. The molecule has 3 rings (SSSR count). The zero-order valence-electron chi connectivity index (χ0n) is 19.0. The standard InChI is InChI=1S/C20H29N3O3.C2HF3O2/c1-21(2)19(25)22-11-9-20(10-12-22)17(16-7-5-4-6-8-16)15-18(24)23(20)13-14-26-3;3-2(4,5)1(6)7/h4-8,17H,9-15H2,1-3H3;(H,6,7). The van der Waals surface area contributed by atoms with Gasteiger partial charge in [-0.25, -0.2) is 9.59 Å². The number of carboxylic acids is 1. The third kappa shape index (κ3) is 6.16. The van der Waals surface area contributed by atoms with Gasteiger partial charge < -0.3 is 24.5 Å². The predicted octanol–water partition coefficient (Wildman–Crippen LogP) is 2.80. The van der Waals surface area contributed by atoms with Gasteiger partial charge in [0.2, 0.25) is 5.91 Å². The Kier molecular flexibility index (Phi) is 8.70. The van der Waals surface area contributed by atoms with Gasteiger partial charge in [0.25, 0.3) is 0 Å². The molecule has 2 aliphatic heterocycles. The first-order valence-corrected chi connectivity index (χ1v) is 10.5. The summed E-state index contributed by atoms with van der Waals surface area (Å²) in [6, 6.07) is 10.4. The van der Waals surface area contributed by atoms with Crippen LogP contribution in [0.5, 0.6) is 0 Å². The number of benzene rings is 1. The molecule has 1 spiro atoms. The highest BCUT2D eigenvalue weighted by atomic mass is 19.4. The van der Waals surface area contributed by atoms with E-state index in [1.165, 1.54) is 5.56 Å². The Hall–Kier alpha value is -2.82. The monoisotopic (exact) mass is 473 g/mol. The summed E-state index contributed by atoms with van der Waals surface area (Å²) in [4.78, 5) is 39.6. The van der Waals surface area contributed by atoms with Crippen molar-refractivity contribution in [3.8, 4) is 0 Å². The minimum atomic E-state index is -5.08. The molecule has 0 radical (unpaired) electrons. The number of halogens is 3. The molecule has 0 bridgehead atoms. The number of amides is 3. The first kappa shape index (κ1) is 26.4. The van der Waals surface area contributed by atoms with Crippen molar-refractivity contribution in [2.45, 2.75) is 36.9 Å². The summed E-state index contributed by atoms with van der Waals surface area (Å²) in [6.07, 6.45) is -2.93.